The van der Waals surface area contributed by atoms with Crippen molar-refractivity contribution in [2.24, 2.45) is 0 Å². The highest BCUT2D eigenvalue weighted by Crippen LogP contribution is 2.15. The monoisotopic (exact) mass is 346 g/mol. The second-order valence-electron chi connectivity index (χ2n) is 4.06. The maximum atomic E-state index is 3.49. The lowest BCUT2D eigenvalue weighted by molar-refractivity contribution is 0.767. The fourth-order valence-electron chi connectivity index (χ4n) is 1.87. The number of rotatable bonds is 8. The molecular weight excluding hydrogens is 328 g/mol. The van der Waals surface area contributed by atoms with Crippen molar-refractivity contribution < 1.29 is 0 Å². The van der Waals surface area contributed by atoms with E-state index in [1.165, 1.54) is 38.5 Å². The molecule has 0 N–H and O–H groups in total. The van der Waals surface area contributed by atoms with Crippen molar-refractivity contribution in [3.8, 4) is 0 Å². The topological polar surface area (TPSA) is 0 Å². The molecule has 0 spiro atoms. The zero-order chi connectivity index (χ0) is 11.6. The Bertz CT molecular complexity index is 255. The van der Waals surface area contributed by atoms with Crippen LogP contribution in [0.3, 0.4) is 0 Å². The normalized spacial score (nSPS) is 10.6. The van der Waals surface area contributed by atoms with E-state index in [0.29, 0.717) is 0 Å². The van der Waals surface area contributed by atoms with Crippen LogP contribution in [0.4, 0.5) is 0 Å². The van der Waals surface area contributed by atoms with Gasteiger partial charge in [0.05, 0.1) is 0 Å². The molecule has 0 aliphatic heterocycles. The predicted octanol–water partition coefficient (Wildman–Crippen LogP) is 5.12. The number of hydrogen-bond acceptors (Lipinski definition) is 0. The average molecular weight is 348 g/mol. The quantitative estimate of drug-likeness (QED) is 0.452. The molecule has 0 aromatic heterocycles. The molecule has 1 aromatic carbocycles. The molecule has 0 fully saturated rings. The Morgan fingerprint density at radius 2 is 1.12 bits per heavy atom. The van der Waals surface area contributed by atoms with Crippen LogP contribution in [0, 0.1) is 0 Å². The van der Waals surface area contributed by atoms with E-state index in [1.807, 2.05) is 0 Å². The van der Waals surface area contributed by atoms with Crippen LogP contribution in [-0.4, -0.2) is 10.7 Å². The first-order valence-electron chi connectivity index (χ1n) is 6.07. The summed E-state index contributed by atoms with van der Waals surface area (Å²) in [5, 5.41) is 2.25. The highest BCUT2D eigenvalue weighted by atomic mass is 79.9. The third-order valence-corrected chi connectivity index (χ3v) is 3.90. The van der Waals surface area contributed by atoms with Crippen LogP contribution >= 0.6 is 31.9 Å². The lowest BCUT2D eigenvalue weighted by Crippen LogP contribution is -1.95. The molecule has 0 atom stereocenters. The highest BCUT2D eigenvalue weighted by Gasteiger charge is 2.01. The molecule has 0 radical (unpaired) electrons. The molecule has 0 nitrogen and oxygen atoms in total. The van der Waals surface area contributed by atoms with Crippen molar-refractivity contribution in [3.05, 3.63) is 35.4 Å². The van der Waals surface area contributed by atoms with Crippen LogP contribution in [-0.2, 0) is 12.8 Å². The fourth-order valence-corrected chi connectivity index (χ4v) is 2.66. The summed E-state index contributed by atoms with van der Waals surface area (Å²) >= 11 is 6.98. The van der Waals surface area contributed by atoms with E-state index in [4.69, 9.17) is 0 Å². The molecule has 0 bridgehead atoms. The first-order valence-corrected chi connectivity index (χ1v) is 8.31. The Hall–Kier alpha value is 0.180. The third kappa shape index (κ3) is 5.49. The maximum Gasteiger partial charge on any atom is 0.00314 e. The lowest BCUT2D eigenvalue weighted by Gasteiger charge is -2.08. The van der Waals surface area contributed by atoms with E-state index >= 15 is 0 Å². The summed E-state index contributed by atoms with van der Waals surface area (Å²) in [7, 11) is 0. The fraction of sp³-hybridized carbons (Fsp3) is 0.571. The van der Waals surface area contributed by atoms with Crippen molar-refractivity contribution in [2.75, 3.05) is 10.7 Å². The summed E-state index contributed by atoms with van der Waals surface area (Å²) in [6.07, 6.45) is 7.60. The summed E-state index contributed by atoms with van der Waals surface area (Å²) in [4.78, 5) is 0. The van der Waals surface area contributed by atoms with Crippen molar-refractivity contribution >= 4 is 31.9 Å². The van der Waals surface area contributed by atoms with Crippen LogP contribution < -0.4 is 0 Å². The first kappa shape index (κ1) is 14.2. The highest BCUT2D eigenvalue weighted by molar-refractivity contribution is 9.09. The minimum absolute atomic E-state index is 1.12. The number of halogens is 2. The number of benzene rings is 1. The minimum Gasteiger partial charge on any atom is -0.0928 e. The van der Waals surface area contributed by atoms with Gasteiger partial charge in [0.2, 0.25) is 0 Å². The smallest absolute Gasteiger partial charge is 0.00314 e. The Labute approximate surface area is 116 Å². The Morgan fingerprint density at radius 1 is 0.688 bits per heavy atom. The summed E-state index contributed by atoms with van der Waals surface area (Å²) in [6, 6.07) is 8.91. The predicted molar refractivity (Wildman–Crippen MR) is 79.9 cm³/mol. The molecule has 0 saturated carbocycles. The standard InChI is InChI=1S/C14H20Br2/c15-11-5-3-9-13-7-1-2-8-14(13)10-4-6-12-16/h1-2,7-8H,3-6,9-12H2. The Balaban J connectivity index is 2.46. The van der Waals surface area contributed by atoms with Crippen LogP contribution in [0.1, 0.15) is 36.8 Å². The summed E-state index contributed by atoms with van der Waals surface area (Å²) in [5.74, 6) is 0. The van der Waals surface area contributed by atoms with Gasteiger partial charge in [0, 0.05) is 10.7 Å². The first-order chi connectivity index (χ1) is 7.88. The molecule has 0 heterocycles. The van der Waals surface area contributed by atoms with Crippen LogP contribution in [0.2, 0.25) is 0 Å². The molecule has 0 unspecified atom stereocenters. The number of unbranched alkanes of at least 4 members (excludes halogenated alkanes) is 2. The van der Waals surface area contributed by atoms with Crippen LogP contribution in [0.5, 0.6) is 0 Å². The third-order valence-electron chi connectivity index (χ3n) is 2.78. The molecule has 0 aliphatic carbocycles. The van der Waals surface area contributed by atoms with Crippen molar-refractivity contribution in [1.82, 2.24) is 0 Å². The maximum absolute atomic E-state index is 3.49. The molecular formula is C14H20Br2. The van der Waals surface area contributed by atoms with E-state index in [1.54, 1.807) is 11.1 Å². The van der Waals surface area contributed by atoms with Gasteiger partial charge < -0.3 is 0 Å². The molecule has 0 aliphatic rings. The SMILES string of the molecule is BrCCCCc1ccccc1CCCCBr. The van der Waals surface area contributed by atoms with E-state index in [0.717, 1.165) is 10.7 Å². The second-order valence-corrected chi connectivity index (χ2v) is 5.65. The van der Waals surface area contributed by atoms with Crippen molar-refractivity contribution in [2.45, 2.75) is 38.5 Å². The van der Waals surface area contributed by atoms with Gasteiger partial charge in [0.25, 0.3) is 0 Å². The van der Waals surface area contributed by atoms with Crippen LogP contribution in [0.25, 0.3) is 0 Å². The van der Waals surface area contributed by atoms with Gasteiger partial charge in [-0.2, -0.15) is 0 Å². The van der Waals surface area contributed by atoms with E-state index in [-0.39, 0.29) is 0 Å². The van der Waals surface area contributed by atoms with Gasteiger partial charge in [-0.25, -0.2) is 0 Å². The molecule has 1 aromatic rings. The molecule has 0 saturated heterocycles. The zero-order valence-corrected chi connectivity index (χ0v) is 12.9. The summed E-state index contributed by atoms with van der Waals surface area (Å²) in [6.45, 7) is 0. The van der Waals surface area contributed by atoms with Crippen molar-refractivity contribution in [1.29, 1.82) is 0 Å². The van der Waals surface area contributed by atoms with E-state index in [9.17, 15) is 0 Å². The van der Waals surface area contributed by atoms with Gasteiger partial charge in [0.15, 0.2) is 0 Å². The van der Waals surface area contributed by atoms with Gasteiger partial charge in [-0.3, -0.25) is 0 Å². The van der Waals surface area contributed by atoms with Gasteiger partial charge in [-0.05, 0) is 49.7 Å². The molecule has 2 heteroatoms. The zero-order valence-electron chi connectivity index (χ0n) is 9.72. The Morgan fingerprint density at radius 3 is 1.50 bits per heavy atom. The van der Waals surface area contributed by atoms with Gasteiger partial charge in [-0.1, -0.05) is 56.1 Å². The Kier molecular flexibility index (Phi) is 8.22. The van der Waals surface area contributed by atoms with Gasteiger partial charge in [0.1, 0.15) is 0 Å². The van der Waals surface area contributed by atoms with Gasteiger partial charge >= 0.3 is 0 Å². The van der Waals surface area contributed by atoms with E-state index in [2.05, 4.69) is 56.1 Å². The number of hydrogen-bond donors (Lipinski definition) is 0. The van der Waals surface area contributed by atoms with Gasteiger partial charge in [-0.15, -0.1) is 0 Å². The average Bonchev–Trinajstić information content (AvgIpc) is 2.32. The lowest BCUT2D eigenvalue weighted by atomic mass is 9.98. The molecule has 1 rings (SSSR count). The van der Waals surface area contributed by atoms with E-state index < -0.39 is 0 Å². The molecule has 0 amide bonds. The largest absolute Gasteiger partial charge is 0.0928 e. The second kappa shape index (κ2) is 9.23. The minimum atomic E-state index is 1.12. The van der Waals surface area contributed by atoms with Crippen LogP contribution in [0.15, 0.2) is 24.3 Å². The summed E-state index contributed by atoms with van der Waals surface area (Å²) < 4.78 is 0. The number of alkyl halides is 2. The van der Waals surface area contributed by atoms with Crippen molar-refractivity contribution in [3.63, 3.8) is 0 Å². The molecule has 16 heavy (non-hydrogen) atoms. The number of aryl methyl sites for hydroxylation is 2. The summed E-state index contributed by atoms with van der Waals surface area (Å²) in [5.41, 5.74) is 3.11. The molecule has 90 valence electrons.